The van der Waals surface area contributed by atoms with Crippen molar-refractivity contribution in [3.63, 3.8) is 0 Å². The van der Waals surface area contributed by atoms with E-state index in [2.05, 4.69) is 20.9 Å². The zero-order valence-electron chi connectivity index (χ0n) is 6.72. The van der Waals surface area contributed by atoms with Gasteiger partial charge in [0.25, 0.3) is 0 Å². The Kier molecular flexibility index (Phi) is 3.17. The Labute approximate surface area is 79.1 Å². The maximum Gasteiger partial charge on any atom is 0.147 e. The number of hydrogen-bond donors (Lipinski definition) is 1. The topological polar surface area (TPSA) is 38.9 Å². The van der Waals surface area contributed by atoms with Gasteiger partial charge in [-0.05, 0) is 28.4 Å². The second-order valence-electron chi connectivity index (χ2n) is 2.54. The number of halogens is 2. The van der Waals surface area contributed by atoms with Crippen LogP contribution in [0.1, 0.15) is 25.1 Å². The summed E-state index contributed by atoms with van der Waals surface area (Å²) in [6.45, 7) is 1.90. The molecule has 0 aliphatic heterocycles. The van der Waals surface area contributed by atoms with Crippen LogP contribution >= 0.6 is 15.9 Å². The lowest BCUT2D eigenvalue weighted by Gasteiger charge is -2.08. The molecule has 1 atom stereocenters. The van der Waals surface area contributed by atoms with Crippen LogP contribution in [0, 0.1) is 5.82 Å². The summed E-state index contributed by atoms with van der Waals surface area (Å²) in [5.74, 6) is -0.348. The summed E-state index contributed by atoms with van der Waals surface area (Å²) in [5, 5.41) is 0. The first kappa shape index (κ1) is 9.61. The fraction of sp³-hybridized carbons (Fsp3) is 0.375. The molecule has 0 aliphatic carbocycles. The molecule has 0 spiro atoms. The second kappa shape index (κ2) is 3.96. The van der Waals surface area contributed by atoms with Crippen molar-refractivity contribution in [3.8, 4) is 0 Å². The Morgan fingerprint density at radius 1 is 1.75 bits per heavy atom. The first-order valence-corrected chi connectivity index (χ1v) is 4.51. The van der Waals surface area contributed by atoms with Gasteiger partial charge in [-0.3, -0.25) is 4.98 Å². The number of rotatable bonds is 2. The van der Waals surface area contributed by atoms with Crippen molar-refractivity contribution in [2.75, 3.05) is 0 Å². The molecule has 66 valence electrons. The van der Waals surface area contributed by atoms with Crippen molar-refractivity contribution in [1.29, 1.82) is 0 Å². The zero-order chi connectivity index (χ0) is 9.14. The predicted octanol–water partition coefficient (Wildman–Crippen LogP) is 2.39. The van der Waals surface area contributed by atoms with Crippen molar-refractivity contribution < 1.29 is 4.39 Å². The molecule has 1 rings (SSSR count). The molecule has 1 aromatic heterocycles. The van der Waals surface area contributed by atoms with Crippen molar-refractivity contribution in [2.45, 2.75) is 19.4 Å². The van der Waals surface area contributed by atoms with Crippen LogP contribution in [0.3, 0.4) is 0 Å². The lowest BCUT2D eigenvalue weighted by atomic mass is 10.1. The molecule has 0 aliphatic rings. The molecule has 2 N–H and O–H groups in total. The molecular formula is C8H10BrFN2. The van der Waals surface area contributed by atoms with Crippen molar-refractivity contribution in [1.82, 2.24) is 4.98 Å². The van der Waals surface area contributed by atoms with E-state index < -0.39 is 0 Å². The summed E-state index contributed by atoms with van der Waals surface area (Å²) in [7, 11) is 0. The summed E-state index contributed by atoms with van der Waals surface area (Å²) in [6, 6.07) is 1.07. The largest absolute Gasteiger partial charge is 0.323 e. The van der Waals surface area contributed by atoms with E-state index >= 15 is 0 Å². The zero-order valence-corrected chi connectivity index (χ0v) is 8.31. The highest BCUT2D eigenvalue weighted by molar-refractivity contribution is 9.10. The molecule has 0 saturated carbocycles. The molecule has 0 bridgehead atoms. The van der Waals surface area contributed by atoms with Gasteiger partial charge in [-0.1, -0.05) is 6.92 Å². The van der Waals surface area contributed by atoms with Gasteiger partial charge in [0.2, 0.25) is 0 Å². The van der Waals surface area contributed by atoms with E-state index in [-0.39, 0.29) is 11.9 Å². The van der Waals surface area contributed by atoms with Crippen molar-refractivity contribution in [3.05, 3.63) is 28.2 Å². The lowest BCUT2D eigenvalue weighted by Crippen LogP contribution is -2.12. The Morgan fingerprint density at radius 2 is 2.42 bits per heavy atom. The predicted molar refractivity (Wildman–Crippen MR) is 49.1 cm³/mol. The number of nitrogens with zero attached hydrogens (tertiary/aromatic N) is 1. The Hall–Kier alpha value is -0.480. The molecule has 0 radical (unpaired) electrons. The maximum absolute atomic E-state index is 13.1. The molecule has 1 aromatic rings. The number of aromatic nitrogens is 1. The van der Waals surface area contributed by atoms with Crippen LogP contribution < -0.4 is 5.73 Å². The summed E-state index contributed by atoms with van der Waals surface area (Å²) in [6.07, 6.45) is 2.24. The monoisotopic (exact) mass is 232 g/mol. The second-order valence-corrected chi connectivity index (χ2v) is 3.45. The average molecular weight is 233 g/mol. The summed E-state index contributed by atoms with van der Waals surface area (Å²) < 4.78 is 13.7. The molecule has 1 unspecified atom stereocenters. The molecule has 2 nitrogen and oxygen atoms in total. The van der Waals surface area contributed by atoms with Crippen LogP contribution in [0.4, 0.5) is 4.39 Å². The van der Waals surface area contributed by atoms with E-state index in [1.54, 1.807) is 6.20 Å². The van der Waals surface area contributed by atoms with Crippen LogP contribution in [-0.2, 0) is 0 Å². The smallest absolute Gasteiger partial charge is 0.147 e. The first-order valence-electron chi connectivity index (χ1n) is 3.71. The highest BCUT2D eigenvalue weighted by Crippen LogP contribution is 2.18. The van der Waals surface area contributed by atoms with Gasteiger partial charge in [-0.25, -0.2) is 4.39 Å². The Morgan fingerprint density at radius 3 is 2.92 bits per heavy atom. The normalized spacial score (nSPS) is 13.0. The molecule has 12 heavy (non-hydrogen) atoms. The number of nitrogens with two attached hydrogens (primary N) is 1. The minimum absolute atomic E-state index is 0.307. The fourth-order valence-electron chi connectivity index (χ4n) is 0.891. The molecule has 4 heteroatoms. The van der Waals surface area contributed by atoms with E-state index in [1.165, 1.54) is 6.07 Å². The average Bonchev–Trinajstić information content (AvgIpc) is 2.03. The van der Waals surface area contributed by atoms with Gasteiger partial charge in [0.1, 0.15) is 5.82 Å². The molecule has 0 fully saturated rings. The molecule has 1 heterocycles. The highest BCUT2D eigenvalue weighted by Gasteiger charge is 2.10. The summed E-state index contributed by atoms with van der Waals surface area (Å²) in [5.41, 5.74) is 5.96. The SMILES string of the molecule is CCC(N)c1ncc(Br)cc1F. The number of hydrogen-bond acceptors (Lipinski definition) is 2. The lowest BCUT2D eigenvalue weighted by molar-refractivity contribution is 0.557. The van der Waals surface area contributed by atoms with Gasteiger partial charge >= 0.3 is 0 Å². The van der Waals surface area contributed by atoms with Crippen molar-refractivity contribution >= 4 is 15.9 Å². The number of pyridine rings is 1. The minimum atomic E-state index is -0.348. The van der Waals surface area contributed by atoms with E-state index in [1.807, 2.05) is 6.92 Å². The Balaban J connectivity index is 3.01. The van der Waals surface area contributed by atoms with E-state index in [0.717, 1.165) is 0 Å². The highest BCUT2D eigenvalue weighted by atomic mass is 79.9. The van der Waals surface area contributed by atoms with Gasteiger partial charge in [0, 0.05) is 16.7 Å². The first-order chi connectivity index (χ1) is 5.65. The van der Waals surface area contributed by atoms with Crippen molar-refractivity contribution in [2.24, 2.45) is 5.73 Å². The summed E-state index contributed by atoms with van der Waals surface area (Å²) >= 11 is 3.12. The third-order valence-corrected chi connectivity index (χ3v) is 2.06. The third-order valence-electron chi connectivity index (χ3n) is 1.63. The van der Waals surface area contributed by atoms with Crippen LogP contribution in [0.25, 0.3) is 0 Å². The quantitative estimate of drug-likeness (QED) is 0.851. The standard InChI is InChI=1S/C8H10BrFN2/c1-2-7(11)8-6(10)3-5(9)4-12-8/h3-4,7H,2,11H2,1H3. The van der Waals surface area contributed by atoms with Gasteiger partial charge in [0.05, 0.1) is 5.69 Å². The Bertz CT molecular complexity index is 278. The van der Waals surface area contributed by atoms with Gasteiger partial charge in [0.15, 0.2) is 0 Å². The van der Waals surface area contributed by atoms with Gasteiger partial charge < -0.3 is 5.73 Å². The molecule has 0 amide bonds. The molecular weight excluding hydrogens is 223 g/mol. The molecule has 0 saturated heterocycles. The van der Waals surface area contributed by atoms with Gasteiger partial charge in [-0.15, -0.1) is 0 Å². The third kappa shape index (κ3) is 2.01. The van der Waals surface area contributed by atoms with Crippen LogP contribution in [0.5, 0.6) is 0 Å². The van der Waals surface area contributed by atoms with Crippen LogP contribution in [-0.4, -0.2) is 4.98 Å². The van der Waals surface area contributed by atoms with Gasteiger partial charge in [-0.2, -0.15) is 0 Å². The van der Waals surface area contributed by atoms with E-state index in [9.17, 15) is 4.39 Å². The van der Waals surface area contributed by atoms with Crippen LogP contribution in [0.2, 0.25) is 0 Å². The maximum atomic E-state index is 13.1. The van der Waals surface area contributed by atoms with E-state index in [0.29, 0.717) is 16.6 Å². The van der Waals surface area contributed by atoms with Crippen LogP contribution in [0.15, 0.2) is 16.7 Å². The molecule has 0 aromatic carbocycles. The summed E-state index contributed by atoms with van der Waals surface area (Å²) in [4.78, 5) is 3.90. The fourth-order valence-corrected chi connectivity index (χ4v) is 1.19. The minimum Gasteiger partial charge on any atom is -0.323 e. The van der Waals surface area contributed by atoms with E-state index in [4.69, 9.17) is 5.73 Å².